The molecule has 0 fully saturated rings. The van der Waals surface area contributed by atoms with Crippen LogP contribution in [0.15, 0.2) is 25.3 Å². The Kier molecular flexibility index (Phi) is 4.90. The molecule has 0 N–H and O–H groups in total. The minimum Gasteiger partial charge on any atom is -0.370 e. The van der Waals surface area contributed by atoms with Crippen molar-refractivity contribution in [3.8, 4) is 0 Å². The highest BCUT2D eigenvalue weighted by atomic mass is 31.2. The van der Waals surface area contributed by atoms with Crippen molar-refractivity contribution in [1.29, 1.82) is 0 Å². The van der Waals surface area contributed by atoms with Gasteiger partial charge in [-0.05, 0) is 19.6 Å². The topological polar surface area (TPSA) is 26.3 Å². The first kappa shape index (κ1) is 12.9. The summed E-state index contributed by atoms with van der Waals surface area (Å²) in [5.41, 5.74) is 0. The molecule has 13 heavy (non-hydrogen) atoms. The van der Waals surface area contributed by atoms with Crippen molar-refractivity contribution >= 4 is 15.7 Å². The summed E-state index contributed by atoms with van der Waals surface area (Å²) in [6.07, 6.45) is 4.21. The fraction of sp³-hybridized carbons (Fsp3) is 0.556. The molecule has 76 valence electrons. The highest BCUT2D eigenvalue weighted by molar-refractivity contribution is 7.60. The van der Waals surface area contributed by atoms with Gasteiger partial charge in [0, 0.05) is 12.3 Å². The van der Waals surface area contributed by atoms with Gasteiger partial charge in [-0.25, -0.2) is 0 Å². The van der Waals surface area contributed by atoms with E-state index in [1.54, 1.807) is 12.2 Å². The Labute approximate surface area is 82.3 Å². The molecule has 0 aromatic heterocycles. The smallest absolute Gasteiger partial charge is 0.201 e. The van der Waals surface area contributed by atoms with Crippen LogP contribution >= 0.6 is 7.37 Å². The van der Waals surface area contributed by atoms with Gasteiger partial charge >= 0.3 is 0 Å². The quantitative estimate of drug-likeness (QED) is 0.387. The molecule has 0 aliphatic carbocycles. The van der Waals surface area contributed by atoms with Crippen LogP contribution < -0.4 is 0 Å². The molecular formula is C9H19O2PSi. The first-order valence-corrected chi connectivity index (χ1v) is 9.74. The third-order valence-electron chi connectivity index (χ3n) is 1.25. The average Bonchev–Trinajstić information content (AvgIpc) is 1.82. The first-order valence-electron chi connectivity index (χ1n) is 4.33. The maximum atomic E-state index is 12.1. The second kappa shape index (κ2) is 4.94. The maximum Gasteiger partial charge on any atom is 0.201 e. The van der Waals surface area contributed by atoms with E-state index in [4.69, 9.17) is 4.21 Å². The molecule has 0 aliphatic rings. The lowest BCUT2D eigenvalue weighted by molar-refractivity contribution is 0.487. The number of hydrogen-bond acceptors (Lipinski definition) is 2. The van der Waals surface area contributed by atoms with E-state index in [0.29, 0.717) is 12.3 Å². The van der Waals surface area contributed by atoms with Gasteiger partial charge in [0.05, 0.1) is 0 Å². The number of rotatable bonds is 6. The Hall–Kier alpha value is -0.113. The normalized spacial score (nSPS) is 12.5. The van der Waals surface area contributed by atoms with Crippen molar-refractivity contribution in [3.63, 3.8) is 0 Å². The minimum atomic E-state index is -2.52. The van der Waals surface area contributed by atoms with Crippen LogP contribution in [-0.4, -0.2) is 20.6 Å². The molecule has 0 rings (SSSR count). The molecule has 0 radical (unpaired) electrons. The van der Waals surface area contributed by atoms with Crippen molar-refractivity contribution in [2.75, 3.05) is 12.3 Å². The molecule has 0 aromatic carbocycles. The van der Waals surface area contributed by atoms with E-state index in [-0.39, 0.29) is 0 Å². The van der Waals surface area contributed by atoms with Crippen molar-refractivity contribution in [3.05, 3.63) is 25.3 Å². The van der Waals surface area contributed by atoms with Crippen LogP contribution in [0.2, 0.25) is 19.6 Å². The standard InChI is InChI=1S/C9H19O2PSi/c1-6-8-12(10,9-7-2)11-13(3,4)5/h6-7H,1-2,8-9H2,3-5H3. The second-order valence-corrected chi connectivity index (χ2v) is 11.3. The third-order valence-corrected chi connectivity index (χ3v) is 6.41. The van der Waals surface area contributed by atoms with Gasteiger partial charge in [0.1, 0.15) is 0 Å². The minimum absolute atomic E-state index is 0.448. The Bertz CT molecular complexity index is 216. The van der Waals surface area contributed by atoms with Crippen LogP contribution in [0.1, 0.15) is 0 Å². The summed E-state index contributed by atoms with van der Waals surface area (Å²) in [6.45, 7) is 13.3. The zero-order chi connectivity index (χ0) is 10.5. The summed E-state index contributed by atoms with van der Waals surface area (Å²) < 4.78 is 17.8. The van der Waals surface area contributed by atoms with Crippen LogP contribution in [-0.2, 0) is 8.78 Å². The highest BCUT2D eigenvalue weighted by Crippen LogP contribution is 2.49. The lowest BCUT2D eigenvalue weighted by atomic mass is 10.8. The monoisotopic (exact) mass is 218 g/mol. The fourth-order valence-corrected chi connectivity index (χ4v) is 6.57. The van der Waals surface area contributed by atoms with E-state index in [1.807, 2.05) is 19.6 Å². The predicted molar refractivity (Wildman–Crippen MR) is 62.2 cm³/mol. The van der Waals surface area contributed by atoms with Gasteiger partial charge in [-0.2, -0.15) is 0 Å². The summed E-state index contributed by atoms with van der Waals surface area (Å²) in [5, 5.41) is 0. The molecule has 4 heteroatoms. The molecule has 0 aromatic rings. The Morgan fingerprint density at radius 3 is 1.85 bits per heavy atom. The molecule has 0 spiro atoms. The van der Waals surface area contributed by atoms with Gasteiger partial charge in [-0.15, -0.1) is 13.2 Å². The Balaban J connectivity index is 4.50. The summed E-state index contributed by atoms with van der Waals surface area (Å²) in [5.74, 6) is 0. The predicted octanol–water partition coefficient (Wildman–Crippen LogP) is 3.49. The molecular weight excluding hydrogens is 199 g/mol. The first-order chi connectivity index (χ1) is 5.83. The summed E-state index contributed by atoms with van der Waals surface area (Å²) >= 11 is 0. The molecule has 0 amide bonds. The van der Waals surface area contributed by atoms with Gasteiger partial charge in [0.25, 0.3) is 0 Å². The Morgan fingerprint density at radius 2 is 1.62 bits per heavy atom. The molecule has 0 unspecified atom stereocenters. The van der Waals surface area contributed by atoms with E-state index < -0.39 is 15.7 Å². The maximum absolute atomic E-state index is 12.1. The molecule has 2 nitrogen and oxygen atoms in total. The van der Waals surface area contributed by atoms with Gasteiger partial charge in [0.15, 0.2) is 8.32 Å². The van der Waals surface area contributed by atoms with E-state index in [0.717, 1.165) is 0 Å². The summed E-state index contributed by atoms with van der Waals surface area (Å²) in [6, 6.07) is 0. The van der Waals surface area contributed by atoms with Crippen LogP contribution in [0.5, 0.6) is 0 Å². The molecule has 0 saturated carbocycles. The number of allylic oxidation sites excluding steroid dienone is 2. The van der Waals surface area contributed by atoms with Crippen molar-refractivity contribution in [2.45, 2.75) is 19.6 Å². The largest absolute Gasteiger partial charge is 0.370 e. The van der Waals surface area contributed by atoms with Crippen molar-refractivity contribution < 1.29 is 8.78 Å². The fourth-order valence-electron chi connectivity index (χ4n) is 1.04. The van der Waals surface area contributed by atoms with Crippen LogP contribution in [0.4, 0.5) is 0 Å². The van der Waals surface area contributed by atoms with E-state index >= 15 is 0 Å². The molecule has 0 aliphatic heterocycles. The van der Waals surface area contributed by atoms with Gasteiger partial charge in [0.2, 0.25) is 7.37 Å². The van der Waals surface area contributed by atoms with Crippen molar-refractivity contribution in [1.82, 2.24) is 0 Å². The van der Waals surface area contributed by atoms with E-state index in [9.17, 15) is 4.57 Å². The molecule has 0 atom stereocenters. The molecule has 0 saturated heterocycles. The van der Waals surface area contributed by atoms with Crippen LogP contribution in [0, 0.1) is 0 Å². The molecule has 0 heterocycles. The van der Waals surface area contributed by atoms with E-state index in [2.05, 4.69) is 13.2 Å². The molecule has 0 bridgehead atoms. The van der Waals surface area contributed by atoms with E-state index in [1.165, 1.54) is 0 Å². The second-order valence-electron chi connectivity index (χ2n) is 3.96. The van der Waals surface area contributed by atoms with Crippen LogP contribution in [0.3, 0.4) is 0 Å². The zero-order valence-corrected chi connectivity index (χ0v) is 10.6. The lowest BCUT2D eigenvalue weighted by Gasteiger charge is -2.24. The zero-order valence-electron chi connectivity index (χ0n) is 8.75. The van der Waals surface area contributed by atoms with Crippen LogP contribution in [0.25, 0.3) is 0 Å². The summed E-state index contributed by atoms with van der Waals surface area (Å²) in [7, 11) is -4.24. The van der Waals surface area contributed by atoms with Gasteiger partial charge < -0.3 is 4.21 Å². The third kappa shape index (κ3) is 6.03. The SMILES string of the molecule is C=CCP(=O)(CC=C)O[Si](C)(C)C. The average molecular weight is 218 g/mol. The Morgan fingerprint density at radius 1 is 1.23 bits per heavy atom. The van der Waals surface area contributed by atoms with Crippen molar-refractivity contribution in [2.24, 2.45) is 0 Å². The van der Waals surface area contributed by atoms with Gasteiger partial charge in [-0.3, -0.25) is 4.57 Å². The lowest BCUT2D eigenvalue weighted by Crippen LogP contribution is -2.24. The number of hydrogen-bond donors (Lipinski definition) is 0. The summed E-state index contributed by atoms with van der Waals surface area (Å²) in [4.78, 5) is 0. The van der Waals surface area contributed by atoms with Gasteiger partial charge in [-0.1, -0.05) is 12.2 Å². The highest BCUT2D eigenvalue weighted by Gasteiger charge is 2.28.